The van der Waals surface area contributed by atoms with Gasteiger partial charge in [0.1, 0.15) is 0 Å². The van der Waals surface area contributed by atoms with Crippen LogP contribution < -0.4 is 10.2 Å². The minimum absolute atomic E-state index is 0.640. The van der Waals surface area contributed by atoms with E-state index in [9.17, 15) is 0 Å². The standard InChI is InChI=1S/C17H29N3/c1-4-11-18-13-15-8-5-6-10-17(15)20(3)16-9-7-12-19(2)14-16/h5-6,8,10,16,18H,4,7,9,11-14H2,1-3H3. The summed E-state index contributed by atoms with van der Waals surface area (Å²) in [5, 5.41) is 3.52. The Morgan fingerprint density at radius 1 is 1.35 bits per heavy atom. The zero-order valence-electron chi connectivity index (χ0n) is 13.2. The van der Waals surface area contributed by atoms with Crippen molar-refractivity contribution in [3.05, 3.63) is 29.8 Å². The lowest BCUT2D eigenvalue weighted by atomic mass is 10.0. The molecule has 1 N–H and O–H groups in total. The summed E-state index contributed by atoms with van der Waals surface area (Å²) in [6, 6.07) is 9.45. The zero-order chi connectivity index (χ0) is 14.4. The molecule has 0 saturated carbocycles. The predicted molar refractivity (Wildman–Crippen MR) is 87.4 cm³/mol. The molecule has 1 atom stereocenters. The van der Waals surface area contributed by atoms with Gasteiger partial charge in [-0.15, -0.1) is 0 Å². The van der Waals surface area contributed by atoms with Gasteiger partial charge in [0.15, 0.2) is 0 Å². The molecule has 1 fully saturated rings. The number of benzene rings is 1. The van der Waals surface area contributed by atoms with Gasteiger partial charge in [-0.3, -0.25) is 0 Å². The van der Waals surface area contributed by atoms with E-state index in [1.54, 1.807) is 0 Å². The van der Waals surface area contributed by atoms with Crippen LogP contribution in [0.5, 0.6) is 0 Å². The fourth-order valence-corrected chi connectivity index (χ4v) is 3.06. The largest absolute Gasteiger partial charge is 0.370 e. The molecule has 1 aromatic rings. The molecule has 0 aliphatic carbocycles. The van der Waals surface area contributed by atoms with Crippen molar-refractivity contribution < 1.29 is 0 Å². The van der Waals surface area contributed by atoms with E-state index < -0.39 is 0 Å². The number of nitrogens with one attached hydrogen (secondary N) is 1. The van der Waals surface area contributed by atoms with E-state index in [1.165, 1.54) is 43.6 Å². The molecular weight excluding hydrogens is 246 g/mol. The highest BCUT2D eigenvalue weighted by Gasteiger charge is 2.22. The summed E-state index contributed by atoms with van der Waals surface area (Å²) in [4.78, 5) is 4.93. The van der Waals surface area contributed by atoms with Gasteiger partial charge in [-0.05, 0) is 51.0 Å². The normalized spacial score (nSPS) is 20.1. The van der Waals surface area contributed by atoms with Crippen LogP contribution in [-0.4, -0.2) is 44.7 Å². The van der Waals surface area contributed by atoms with Gasteiger partial charge >= 0.3 is 0 Å². The van der Waals surface area contributed by atoms with Gasteiger partial charge in [-0.25, -0.2) is 0 Å². The third-order valence-electron chi connectivity index (χ3n) is 4.26. The molecule has 0 spiro atoms. The van der Waals surface area contributed by atoms with E-state index in [1.807, 2.05) is 0 Å². The van der Waals surface area contributed by atoms with Crippen molar-refractivity contribution in [1.82, 2.24) is 10.2 Å². The molecule has 1 saturated heterocycles. The average Bonchev–Trinajstić information content (AvgIpc) is 2.47. The van der Waals surface area contributed by atoms with E-state index in [2.05, 4.69) is 60.4 Å². The molecule has 1 aliphatic heterocycles. The quantitative estimate of drug-likeness (QED) is 0.805. The number of piperidine rings is 1. The van der Waals surface area contributed by atoms with Gasteiger partial charge in [0, 0.05) is 31.9 Å². The third-order valence-corrected chi connectivity index (χ3v) is 4.26. The molecule has 0 aromatic heterocycles. The second-order valence-corrected chi connectivity index (χ2v) is 5.97. The Morgan fingerprint density at radius 2 is 2.15 bits per heavy atom. The van der Waals surface area contributed by atoms with Gasteiger partial charge in [-0.2, -0.15) is 0 Å². The third kappa shape index (κ3) is 3.97. The highest BCUT2D eigenvalue weighted by Crippen LogP contribution is 2.24. The maximum Gasteiger partial charge on any atom is 0.0414 e. The summed E-state index contributed by atoms with van der Waals surface area (Å²) < 4.78 is 0. The number of rotatable bonds is 6. The molecule has 112 valence electrons. The number of nitrogens with zero attached hydrogens (tertiary/aromatic N) is 2. The highest BCUT2D eigenvalue weighted by atomic mass is 15.2. The second-order valence-electron chi connectivity index (χ2n) is 5.97. The summed E-state index contributed by atoms with van der Waals surface area (Å²) in [5.41, 5.74) is 2.80. The van der Waals surface area contributed by atoms with Gasteiger partial charge in [0.05, 0.1) is 0 Å². The van der Waals surface area contributed by atoms with Crippen molar-refractivity contribution in [3.8, 4) is 0 Å². The summed E-state index contributed by atoms with van der Waals surface area (Å²) in [6.45, 7) is 6.68. The molecule has 20 heavy (non-hydrogen) atoms. The summed E-state index contributed by atoms with van der Waals surface area (Å²) >= 11 is 0. The van der Waals surface area contributed by atoms with Crippen LogP contribution in [0, 0.1) is 0 Å². The Labute approximate surface area is 124 Å². The van der Waals surface area contributed by atoms with E-state index in [0.717, 1.165) is 13.1 Å². The zero-order valence-corrected chi connectivity index (χ0v) is 13.2. The Kier molecular flexibility index (Phi) is 5.86. The number of likely N-dealkylation sites (N-methyl/N-ethyl adjacent to an activating group) is 2. The van der Waals surface area contributed by atoms with Crippen molar-refractivity contribution in [1.29, 1.82) is 0 Å². The molecule has 2 rings (SSSR count). The SMILES string of the molecule is CCCNCc1ccccc1N(C)C1CCCN(C)C1. The molecule has 0 bridgehead atoms. The number of hydrogen-bond donors (Lipinski definition) is 1. The lowest BCUT2D eigenvalue weighted by molar-refractivity contribution is 0.248. The van der Waals surface area contributed by atoms with Crippen molar-refractivity contribution in [2.75, 3.05) is 38.6 Å². The first-order chi connectivity index (χ1) is 9.72. The number of para-hydroxylation sites is 1. The van der Waals surface area contributed by atoms with E-state index >= 15 is 0 Å². The molecule has 0 radical (unpaired) electrons. The first kappa shape index (κ1) is 15.3. The number of anilines is 1. The van der Waals surface area contributed by atoms with Crippen LogP contribution in [0.4, 0.5) is 5.69 Å². The van der Waals surface area contributed by atoms with Crippen molar-refractivity contribution in [2.45, 2.75) is 38.8 Å². The first-order valence-electron chi connectivity index (χ1n) is 7.92. The predicted octanol–water partition coefficient (Wildman–Crippen LogP) is 2.72. The monoisotopic (exact) mass is 275 g/mol. The molecule has 1 aliphatic rings. The van der Waals surface area contributed by atoms with Crippen LogP contribution in [0.1, 0.15) is 31.7 Å². The summed E-state index contributed by atoms with van der Waals surface area (Å²) in [7, 11) is 4.48. The van der Waals surface area contributed by atoms with Crippen molar-refractivity contribution >= 4 is 5.69 Å². The Balaban J connectivity index is 2.06. The lowest BCUT2D eigenvalue weighted by Crippen LogP contribution is -2.45. The van der Waals surface area contributed by atoms with Crippen LogP contribution in [0.25, 0.3) is 0 Å². The maximum atomic E-state index is 3.52. The van der Waals surface area contributed by atoms with Crippen molar-refractivity contribution in [3.63, 3.8) is 0 Å². The fraction of sp³-hybridized carbons (Fsp3) is 0.647. The molecule has 1 heterocycles. The molecule has 1 aromatic carbocycles. The van der Waals surface area contributed by atoms with Crippen LogP contribution in [0.3, 0.4) is 0 Å². The Morgan fingerprint density at radius 3 is 2.90 bits per heavy atom. The maximum absolute atomic E-state index is 3.52. The Bertz CT molecular complexity index is 405. The van der Waals surface area contributed by atoms with Gasteiger partial charge < -0.3 is 15.1 Å². The lowest BCUT2D eigenvalue weighted by Gasteiger charge is -2.38. The first-order valence-corrected chi connectivity index (χ1v) is 7.92. The summed E-state index contributed by atoms with van der Waals surface area (Å²) in [5.74, 6) is 0. The van der Waals surface area contributed by atoms with Crippen LogP contribution in [0.2, 0.25) is 0 Å². The Hall–Kier alpha value is -1.06. The molecular formula is C17H29N3. The van der Waals surface area contributed by atoms with Gasteiger partial charge in [0.2, 0.25) is 0 Å². The molecule has 3 nitrogen and oxygen atoms in total. The minimum Gasteiger partial charge on any atom is -0.370 e. The van der Waals surface area contributed by atoms with Crippen molar-refractivity contribution in [2.24, 2.45) is 0 Å². The molecule has 1 unspecified atom stereocenters. The second kappa shape index (κ2) is 7.65. The molecule has 3 heteroatoms. The minimum atomic E-state index is 0.640. The van der Waals surface area contributed by atoms with Crippen LogP contribution >= 0.6 is 0 Å². The van der Waals surface area contributed by atoms with Crippen LogP contribution in [0.15, 0.2) is 24.3 Å². The summed E-state index contributed by atoms with van der Waals surface area (Å²) in [6.07, 6.45) is 3.80. The highest BCUT2D eigenvalue weighted by molar-refractivity contribution is 5.54. The van der Waals surface area contributed by atoms with Gasteiger partial charge in [0.25, 0.3) is 0 Å². The molecule has 0 amide bonds. The number of hydrogen-bond acceptors (Lipinski definition) is 3. The smallest absolute Gasteiger partial charge is 0.0414 e. The average molecular weight is 275 g/mol. The van der Waals surface area contributed by atoms with E-state index in [0.29, 0.717) is 6.04 Å². The topological polar surface area (TPSA) is 18.5 Å². The van der Waals surface area contributed by atoms with E-state index in [-0.39, 0.29) is 0 Å². The number of likely N-dealkylation sites (tertiary alicyclic amines) is 1. The fourth-order valence-electron chi connectivity index (χ4n) is 3.06. The van der Waals surface area contributed by atoms with E-state index in [4.69, 9.17) is 0 Å². The van der Waals surface area contributed by atoms with Gasteiger partial charge in [-0.1, -0.05) is 25.1 Å². The van der Waals surface area contributed by atoms with Crippen LogP contribution in [-0.2, 0) is 6.54 Å².